The molecule has 4 heterocycles. The van der Waals surface area contributed by atoms with Gasteiger partial charge < -0.3 is 13.9 Å². The number of hydrazone groups is 1. The van der Waals surface area contributed by atoms with Gasteiger partial charge in [0.05, 0.1) is 31.1 Å². The van der Waals surface area contributed by atoms with Gasteiger partial charge in [0.2, 0.25) is 5.82 Å². The highest BCUT2D eigenvalue weighted by atomic mass is 32.1. The normalized spacial score (nSPS) is 15.5. The summed E-state index contributed by atoms with van der Waals surface area (Å²) in [6.07, 6.45) is 2.16. The molecule has 0 radical (unpaired) electrons. The summed E-state index contributed by atoms with van der Waals surface area (Å²) < 4.78 is 16.2. The molecule has 1 aromatic carbocycles. The number of carbonyl (C=O) groups excluding carboxylic acids is 1. The SMILES string of the molecule is COc1ccc(-c2nnn(CC(=O)N3N=C(c4cccs4)C[C@H]3c3ccco3)n2)cc1OC. The van der Waals surface area contributed by atoms with Crippen molar-refractivity contribution in [1.29, 1.82) is 0 Å². The van der Waals surface area contributed by atoms with Gasteiger partial charge in [-0.05, 0) is 47.0 Å². The topological polar surface area (TPSA) is 108 Å². The van der Waals surface area contributed by atoms with E-state index in [2.05, 4.69) is 20.5 Å². The van der Waals surface area contributed by atoms with E-state index in [1.165, 1.54) is 9.81 Å². The number of thiophene rings is 1. The largest absolute Gasteiger partial charge is 0.493 e. The fraction of sp³-hybridized carbons (Fsp3) is 0.227. The van der Waals surface area contributed by atoms with Crippen LogP contribution in [-0.2, 0) is 11.3 Å². The molecule has 0 aliphatic carbocycles. The van der Waals surface area contributed by atoms with Crippen LogP contribution in [0.3, 0.4) is 0 Å². The van der Waals surface area contributed by atoms with E-state index in [1.54, 1.807) is 56.1 Å². The van der Waals surface area contributed by atoms with Crippen LogP contribution >= 0.6 is 11.3 Å². The number of aromatic nitrogens is 4. The Bertz CT molecular complexity index is 1280. The van der Waals surface area contributed by atoms with Crippen LogP contribution in [0.5, 0.6) is 11.5 Å². The minimum atomic E-state index is -0.321. The number of rotatable bonds is 7. The maximum atomic E-state index is 13.2. The Kier molecular flexibility index (Phi) is 5.61. The summed E-state index contributed by atoms with van der Waals surface area (Å²) in [6.45, 7) is -0.112. The van der Waals surface area contributed by atoms with Gasteiger partial charge >= 0.3 is 0 Å². The Balaban J connectivity index is 1.37. The summed E-state index contributed by atoms with van der Waals surface area (Å²) in [7, 11) is 3.12. The van der Waals surface area contributed by atoms with E-state index in [4.69, 9.17) is 13.9 Å². The van der Waals surface area contributed by atoms with Crippen LogP contribution < -0.4 is 9.47 Å². The van der Waals surface area contributed by atoms with E-state index in [0.29, 0.717) is 35.1 Å². The van der Waals surface area contributed by atoms with E-state index in [-0.39, 0.29) is 18.5 Å². The van der Waals surface area contributed by atoms with Gasteiger partial charge in [-0.3, -0.25) is 4.79 Å². The number of carbonyl (C=O) groups is 1. The second kappa shape index (κ2) is 8.87. The number of amides is 1. The third-order valence-corrected chi connectivity index (χ3v) is 6.13. The number of ether oxygens (including phenoxy) is 2. The fourth-order valence-corrected chi connectivity index (χ4v) is 4.35. The van der Waals surface area contributed by atoms with Gasteiger partial charge in [-0.2, -0.15) is 9.90 Å². The van der Waals surface area contributed by atoms with Crippen molar-refractivity contribution in [1.82, 2.24) is 25.2 Å². The molecule has 10 nitrogen and oxygen atoms in total. The van der Waals surface area contributed by atoms with E-state index in [0.717, 1.165) is 10.6 Å². The molecule has 33 heavy (non-hydrogen) atoms. The molecule has 11 heteroatoms. The molecule has 0 saturated carbocycles. The van der Waals surface area contributed by atoms with Crippen LogP contribution in [0.4, 0.5) is 0 Å². The number of nitrogens with zero attached hydrogens (tertiary/aromatic N) is 6. The summed E-state index contributed by atoms with van der Waals surface area (Å²) in [4.78, 5) is 15.5. The van der Waals surface area contributed by atoms with Crippen LogP contribution in [0.2, 0.25) is 0 Å². The number of hydrogen-bond acceptors (Lipinski definition) is 9. The molecule has 1 aliphatic heterocycles. The average Bonchev–Trinajstić information content (AvgIpc) is 3.63. The molecular weight excluding hydrogens is 444 g/mol. The average molecular weight is 465 g/mol. The van der Waals surface area contributed by atoms with Crippen molar-refractivity contribution in [2.45, 2.75) is 19.0 Å². The summed E-state index contributed by atoms with van der Waals surface area (Å²) in [6, 6.07) is 12.6. The maximum absolute atomic E-state index is 13.2. The van der Waals surface area contributed by atoms with Crippen molar-refractivity contribution in [2.75, 3.05) is 14.2 Å². The van der Waals surface area contributed by atoms with Gasteiger partial charge in [0.1, 0.15) is 18.3 Å². The van der Waals surface area contributed by atoms with Crippen LogP contribution in [0.15, 0.2) is 63.6 Å². The fourth-order valence-electron chi connectivity index (χ4n) is 3.63. The van der Waals surface area contributed by atoms with E-state index in [1.807, 2.05) is 23.6 Å². The zero-order valence-electron chi connectivity index (χ0n) is 17.9. The lowest BCUT2D eigenvalue weighted by atomic mass is 10.1. The summed E-state index contributed by atoms with van der Waals surface area (Å²) in [5.74, 6) is 1.93. The lowest BCUT2D eigenvalue weighted by Crippen LogP contribution is -2.31. The van der Waals surface area contributed by atoms with E-state index >= 15 is 0 Å². The lowest BCUT2D eigenvalue weighted by Gasteiger charge is -2.19. The minimum absolute atomic E-state index is 0.112. The zero-order valence-corrected chi connectivity index (χ0v) is 18.7. The number of furan rings is 1. The van der Waals surface area contributed by atoms with Crippen molar-refractivity contribution in [3.63, 3.8) is 0 Å². The minimum Gasteiger partial charge on any atom is -0.493 e. The van der Waals surface area contributed by atoms with Crippen LogP contribution in [0, 0.1) is 0 Å². The second-order valence-electron chi connectivity index (χ2n) is 7.21. The molecule has 0 bridgehead atoms. The Morgan fingerprint density at radius 1 is 1.18 bits per heavy atom. The smallest absolute Gasteiger partial charge is 0.267 e. The molecule has 0 fully saturated rings. The van der Waals surface area contributed by atoms with Gasteiger partial charge in [0.25, 0.3) is 5.91 Å². The van der Waals surface area contributed by atoms with Gasteiger partial charge in [-0.1, -0.05) is 6.07 Å². The van der Waals surface area contributed by atoms with Crippen molar-refractivity contribution in [3.05, 3.63) is 64.7 Å². The molecule has 0 spiro atoms. The van der Waals surface area contributed by atoms with Gasteiger partial charge in [-0.15, -0.1) is 21.5 Å². The monoisotopic (exact) mass is 464 g/mol. The third kappa shape index (κ3) is 4.10. The summed E-state index contributed by atoms with van der Waals surface area (Å²) in [5, 5.41) is 20.5. The molecule has 5 rings (SSSR count). The highest BCUT2D eigenvalue weighted by Crippen LogP contribution is 2.34. The first kappa shape index (κ1) is 20.9. The summed E-state index contributed by atoms with van der Waals surface area (Å²) in [5.41, 5.74) is 1.54. The highest BCUT2D eigenvalue weighted by Gasteiger charge is 2.35. The predicted molar refractivity (Wildman–Crippen MR) is 120 cm³/mol. The first-order valence-corrected chi connectivity index (χ1v) is 11.0. The standard InChI is InChI=1S/C22H20N6O4S/c1-30-18-8-7-14(11-19(18)31-2)22-23-26-27(25-22)13-21(29)28-16(17-5-3-9-32-17)12-15(24-28)20-6-4-10-33-20/h3-11,16H,12-13H2,1-2H3/t16-/m0/s1. The second-order valence-corrected chi connectivity index (χ2v) is 8.16. The maximum Gasteiger partial charge on any atom is 0.267 e. The number of hydrogen-bond donors (Lipinski definition) is 0. The van der Waals surface area contributed by atoms with Gasteiger partial charge in [-0.25, -0.2) is 5.01 Å². The zero-order chi connectivity index (χ0) is 22.8. The van der Waals surface area contributed by atoms with Gasteiger partial charge in [0, 0.05) is 12.0 Å². The molecule has 1 aliphatic rings. The van der Waals surface area contributed by atoms with Crippen molar-refractivity contribution in [2.24, 2.45) is 5.10 Å². The molecule has 4 aromatic rings. The first-order valence-electron chi connectivity index (χ1n) is 10.1. The molecule has 1 amide bonds. The first-order chi connectivity index (χ1) is 16.2. The molecule has 168 valence electrons. The molecule has 1 atom stereocenters. The molecule has 0 saturated heterocycles. The molecule has 0 N–H and O–H groups in total. The van der Waals surface area contributed by atoms with E-state index < -0.39 is 0 Å². The number of methoxy groups -OCH3 is 2. The van der Waals surface area contributed by atoms with Gasteiger partial charge in [0.15, 0.2) is 11.5 Å². The van der Waals surface area contributed by atoms with E-state index in [9.17, 15) is 4.79 Å². The van der Waals surface area contributed by atoms with Crippen molar-refractivity contribution < 1.29 is 18.7 Å². The molecular formula is C22H20N6O4S. The summed E-state index contributed by atoms with van der Waals surface area (Å²) >= 11 is 1.59. The molecule has 3 aromatic heterocycles. The van der Waals surface area contributed by atoms with Crippen LogP contribution in [0.1, 0.15) is 23.1 Å². The number of benzene rings is 1. The van der Waals surface area contributed by atoms with Crippen molar-refractivity contribution in [3.8, 4) is 22.9 Å². The Labute approximate surface area is 193 Å². The Morgan fingerprint density at radius 2 is 2.06 bits per heavy atom. The van der Waals surface area contributed by atoms with Crippen LogP contribution in [0.25, 0.3) is 11.4 Å². The third-order valence-electron chi connectivity index (χ3n) is 5.21. The lowest BCUT2D eigenvalue weighted by molar-refractivity contribution is -0.134. The number of tetrazole rings is 1. The Hall–Kier alpha value is -3.99. The predicted octanol–water partition coefficient (Wildman–Crippen LogP) is 3.39. The highest BCUT2D eigenvalue weighted by molar-refractivity contribution is 7.12. The van der Waals surface area contributed by atoms with Crippen LogP contribution in [-0.4, -0.2) is 51.1 Å². The van der Waals surface area contributed by atoms with Crippen molar-refractivity contribution >= 4 is 23.0 Å². The Morgan fingerprint density at radius 3 is 2.79 bits per heavy atom. The quantitative estimate of drug-likeness (QED) is 0.412. The molecule has 0 unspecified atom stereocenters.